The number of nitrogens with one attached hydrogen (secondary N) is 2. The van der Waals surface area contributed by atoms with Gasteiger partial charge in [0.05, 0.1) is 19.2 Å². The Labute approximate surface area is 163 Å². The molecule has 146 valence electrons. The molecule has 0 fully saturated rings. The van der Waals surface area contributed by atoms with Gasteiger partial charge >= 0.3 is 0 Å². The lowest BCUT2D eigenvalue weighted by atomic mass is 10.0. The van der Waals surface area contributed by atoms with E-state index in [1.165, 1.54) is 0 Å². The minimum Gasteiger partial charge on any atom is -0.493 e. The number of hydrogen-bond acceptors (Lipinski definition) is 4. The molecular formula is C21H24N4O3. The molecule has 2 aliphatic heterocycles. The van der Waals surface area contributed by atoms with E-state index >= 15 is 0 Å². The van der Waals surface area contributed by atoms with Crippen LogP contribution in [0, 0.1) is 0 Å². The number of anilines is 1. The summed E-state index contributed by atoms with van der Waals surface area (Å²) in [5.41, 5.74) is 9.11. The van der Waals surface area contributed by atoms with Crippen LogP contribution in [-0.2, 0) is 11.2 Å². The molecule has 2 aliphatic rings. The van der Waals surface area contributed by atoms with Gasteiger partial charge in [0.15, 0.2) is 5.96 Å². The highest BCUT2D eigenvalue weighted by Crippen LogP contribution is 2.31. The fraction of sp³-hybridized carbons (Fsp3) is 0.333. The summed E-state index contributed by atoms with van der Waals surface area (Å²) in [6.45, 7) is 1.54. The van der Waals surface area contributed by atoms with Crippen molar-refractivity contribution in [3.63, 3.8) is 0 Å². The van der Waals surface area contributed by atoms with Crippen LogP contribution in [0.4, 0.5) is 5.69 Å². The van der Waals surface area contributed by atoms with Crippen LogP contribution in [0.15, 0.2) is 47.5 Å². The molecule has 1 amide bonds. The zero-order valence-corrected chi connectivity index (χ0v) is 15.6. The van der Waals surface area contributed by atoms with Gasteiger partial charge in [-0.3, -0.25) is 4.79 Å². The van der Waals surface area contributed by atoms with E-state index in [4.69, 9.17) is 15.2 Å². The predicted molar refractivity (Wildman–Crippen MR) is 108 cm³/mol. The van der Waals surface area contributed by atoms with E-state index in [1.807, 2.05) is 42.5 Å². The van der Waals surface area contributed by atoms with Crippen LogP contribution < -0.4 is 25.8 Å². The Balaban J connectivity index is 1.28. The van der Waals surface area contributed by atoms with Crippen LogP contribution >= 0.6 is 0 Å². The van der Waals surface area contributed by atoms with Crippen LogP contribution in [0.3, 0.4) is 0 Å². The third kappa shape index (κ3) is 4.19. The van der Waals surface area contributed by atoms with Gasteiger partial charge in [-0.2, -0.15) is 0 Å². The van der Waals surface area contributed by atoms with Gasteiger partial charge in [0.25, 0.3) is 0 Å². The Hall–Kier alpha value is -3.22. The number of carbonyl (C=O) groups excluding carboxylic acids is 1. The maximum Gasteiger partial charge on any atom is 0.224 e. The van der Waals surface area contributed by atoms with Crippen molar-refractivity contribution >= 4 is 17.6 Å². The number of rotatable bonds is 5. The van der Waals surface area contributed by atoms with Gasteiger partial charge in [-0.05, 0) is 36.2 Å². The second kappa shape index (κ2) is 8.21. The average molecular weight is 380 g/mol. The SMILES string of the molecule is NC(=NCCOc1ccc2c(c1)CCC(=O)N2)NC1CCOc2ccccc21. The maximum absolute atomic E-state index is 11.4. The van der Waals surface area contributed by atoms with Crippen LogP contribution in [0.5, 0.6) is 11.5 Å². The lowest BCUT2D eigenvalue weighted by molar-refractivity contribution is -0.116. The second-order valence-corrected chi connectivity index (χ2v) is 6.85. The van der Waals surface area contributed by atoms with Crippen molar-refractivity contribution in [3.8, 4) is 11.5 Å². The van der Waals surface area contributed by atoms with Crippen molar-refractivity contribution in [1.82, 2.24) is 5.32 Å². The molecule has 2 aromatic carbocycles. The molecule has 0 saturated heterocycles. The first-order valence-electron chi connectivity index (χ1n) is 9.53. The van der Waals surface area contributed by atoms with E-state index in [0.717, 1.165) is 41.2 Å². The van der Waals surface area contributed by atoms with Crippen molar-refractivity contribution in [1.29, 1.82) is 0 Å². The Morgan fingerprint density at radius 3 is 3.11 bits per heavy atom. The Bertz CT molecular complexity index is 897. The van der Waals surface area contributed by atoms with Crippen LogP contribution in [-0.4, -0.2) is 31.6 Å². The van der Waals surface area contributed by atoms with Gasteiger partial charge in [-0.25, -0.2) is 4.99 Å². The number of aliphatic imine (C=N–C) groups is 1. The van der Waals surface area contributed by atoms with E-state index in [2.05, 4.69) is 15.6 Å². The summed E-state index contributed by atoms with van der Waals surface area (Å²) in [7, 11) is 0. The lowest BCUT2D eigenvalue weighted by Crippen LogP contribution is -2.37. The Morgan fingerprint density at radius 2 is 2.18 bits per heavy atom. The normalized spacial score (nSPS) is 18.4. The largest absolute Gasteiger partial charge is 0.493 e. The number of para-hydroxylation sites is 1. The topological polar surface area (TPSA) is 98.0 Å². The molecule has 2 aromatic rings. The van der Waals surface area contributed by atoms with Crippen LogP contribution in [0.2, 0.25) is 0 Å². The standard InChI is InChI=1S/C21H24N4O3/c22-21(25-18-9-11-28-19-4-2-1-3-16(18)19)23-10-12-27-15-6-7-17-14(13-15)5-8-20(26)24-17/h1-4,6-7,13,18H,5,8-12H2,(H,24,26)(H3,22,23,25). The monoisotopic (exact) mass is 380 g/mol. The Kier molecular flexibility index (Phi) is 5.32. The summed E-state index contributed by atoms with van der Waals surface area (Å²) in [5, 5.41) is 6.14. The quantitative estimate of drug-likeness (QED) is 0.420. The maximum atomic E-state index is 11.4. The molecule has 1 unspecified atom stereocenters. The second-order valence-electron chi connectivity index (χ2n) is 6.85. The molecule has 0 bridgehead atoms. The summed E-state index contributed by atoms with van der Waals surface area (Å²) in [6.07, 6.45) is 2.09. The molecule has 0 saturated carbocycles. The summed E-state index contributed by atoms with van der Waals surface area (Å²) >= 11 is 0. The predicted octanol–water partition coefficient (Wildman–Crippen LogP) is 2.38. The number of aryl methyl sites for hydroxylation is 1. The zero-order chi connectivity index (χ0) is 19.3. The number of fused-ring (bicyclic) bond motifs is 2. The number of ether oxygens (including phenoxy) is 2. The summed E-state index contributed by atoms with van der Waals surface area (Å²) < 4.78 is 11.4. The molecule has 0 spiro atoms. The third-order valence-electron chi connectivity index (χ3n) is 4.89. The molecule has 4 N–H and O–H groups in total. The highest BCUT2D eigenvalue weighted by molar-refractivity contribution is 5.94. The fourth-order valence-electron chi connectivity index (χ4n) is 3.50. The number of amides is 1. The van der Waals surface area contributed by atoms with E-state index < -0.39 is 0 Å². The Morgan fingerprint density at radius 1 is 1.29 bits per heavy atom. The highest BCUT2D eigenvalue weighted by atomic mass is 16.5. The van der Waals surface area contributed by atoms with E-state index in [1.54, 1.807) is 0 Å². The molecule has 0 radical (unpaired) electrons. The van der Waals surface area contributed by atoms with Gasteiger partial charge < -0.3 is 25.8 Å². The van der Waals surface area contributed by atoms with Crippen molar-refractivity contribution in [3.05, 3.63) is 53.6 Å². The van der Waals surface area contributed by atoms with Crippen molar-refractivity contribution in [2.24, 2.45) is 10.7 Å². The molecule has 1 atom stereocenters. The van der Waals surface area contributed by atoms with Crippen molar-refractivity contribution in [2.75, 3.05) is 25.1 Å². The number of benzene rings is 2. The number of guanidine groups is 1. The van der Waals surface area contributed by atoms with E-state index in [0.29, 0.717) is 32.1 Å². The van der Waals surface area contributed by atoms with Crippen molar-refractivity contribution < 1.29 is 14.3 Å². The molecule has 7 heteroatoms. The lowest BCUT2D eigenvalue weighted by Gasteiger charge is -2.26. The summed E-state index contributed by atoms with van der Waals surface area (Å²) in [4.78, 5) is 15.8. The van der Waals surface area contributed by atoms with Crippen LogP contribution in [0.25, 0.3) is 0 Å². The smallest absolute Gasteiger partial charge is 0.224 e. The third-order valence-corrected chi connectivity index (χ3v) is 4.89. The average Bonchev–Trinajstić information content (AvgIpc) is 2.71. The number of nitrogens with two attached hydrogens (primary N) is 1. The number of carbonyl (C=O) groups is 1. The zero-order valence-electron chi connectivity index (χ0n) is 15.6. The minimum atomic E-state index is 0.0608. The fourth-order valence-corrected chi connectivity index (χ4v) is 3.50. The molecule has 0 aromatic heterocycles. The summed E-state index contributed by atoms with van der Waals surface area (Å²) in [6, 6.07) is 13.8. The van der Waals surface area contributed by atoms with Gasteiger partial charge in [0.1, 0.15) is 18.1 Å². The molecule has 28 heavy (non-hydrogen) atoms. The van der Waals surface area contributed by atoms with E-state index in [-0.39, 0.29) is 11.9 Å². The number of nitrogens with zero attached hydrogens (tertiary/aromatic N) is 1. The first kappa shape index (κ1) is 18.2. The van der Waals surface area contributed by atoms with Gasteiger partial charge in [-0.15, -0.1) is 0 Å². The van der Waals surface area contributed by atoms with Crippen molar-refractivity contribution in [2.45, 2.75) is 25.3 Å². The minimum absolute atomic E-state index is 0.0608. The first-order chi connectivity index (χ1) is 13.7. The molecule has 2 heterocycles. The molecule has 0 aliphatic carbocycles. The van der Waals surface area contributed by atoms with Gasteiger partial charge in [-0.1, -0.05) is 18.2 Å². The van der Waals surface area contributed by atoms with Gasteiger partial charge in [0.2, 0.25) is 5.91 Å². The first-order valence-corrected chi connectivity index (χ1v) is 9.53. The van der Waals surface area contributed by atoms with Crippen LogP contribution in [0.1, 0.15) is 30.0 Å². The van der Waals surface area contributed by atoms with E-state index in [9.17, 15) is 4.79 Å². The molecular weight excluding hydrogens is 356 g/mol. The molecule has 4 rings (SSSR count). The highest BCUT2D eigenvalue weighted by Gasteiger charge is 2.21. The van der Waals surface area contributed by atoms with Gasteiger partial charge in [0, 0.05) is 24.1 Å². The number of hydrogen-bond donors (Lipinski definition) is 3. The summed E-state index contributed by atoms with van der Waals surface area (Å²) in [5.74, 6) is 2.13. The molecule has 7 nitrogen and oxygen atoms in total.